The molecular weight excluding hydrogens is 330 g/mol. The lowest BCUT2D eigenvalue weighted by molar-refractivity contribution is 0.393. The summed E-state index contributed by atoms with van der Waals surface area (Å²) in [7, 11) is -1.78. The Morgan fingerprint density at radius 2 is 1.27 bits per heavy atom. The second-order valence-corrected chi connectivity index (χ2v) is 12.4. The van der Waals surface area contributed by atoms with E-state index in [1.54, 1.807) is 0 Å². The Balaban J connectivity index is 2.91. The molecule has 0 heterocycles. The monoisotopic (exact) mass is 359 g/mol. The maximum Gasteiger partial charge on any atom is 0.0820 e. The lowest BCUT2D eigenvalue weighted by atomic mass is 9.96. The fraction of sp³-hybridized carbons (Fsp3) is 0.292. The lowest BCUT2D eigenvalue weighted by Crippen LogP contribution is -2.34. The van der Waals surface area contributed by atoms with E-state index in [9.17, 15) is 0 Å². The molecule has 2 rings (SSSR count). The van der Waals surface area contributed by atoms with Gasteiger partial charge in [-0.3, -0.25) is 0 Å². The van der Waals surface area contributed by atoms with Gasteiger partial charge in [-0.05, 0) is 35.7 Å². The van der Waals surface area contributed by atoms with Crippen LogP contribution >= 0.6 is 0 Å². The third-order valence-electron chi connectivity index (χ3n) is 4.56. The maximum atomic E-state index is 8.09. The summed E-state index contributed by atoms with van der Waals surface area (Å²) in [5.41, 5.74) is 7.39. The molecule has 0 atom stereocenters. The summed E-state index contributed by atoms with van der Waals surface area (Å²) >= 11 is 0. The molecule has 0 aliphatic heterocycles. The van der Waals surface area contributed by atoms with Crippen molar-refractivity contribution in [1.29, 1.82) is 0 Å². The zero-order chi connectivity index (χ0) is 19.2. The maximum absolute atomic E-state index is 8.09. The summed E-state index contributed by atoms with van der Waals surface area (Å²) in [5.74, 6) is 0. The Morgan fingerprint density at radius 1 is 0.846 bits per heavy atom. The van der Waals surface area contributed by atoms with Crippen molar-refractivity contribution in [3.63, 3.8) is 0 Å². The standard InChI is InChI=1S/C24H29NSi/c1-7-22(25(8-2)9-3)24(26(4,5)6)23(20-16-12-10-13-17-20)21-18-14-11-15-19-21/h10-19H,8-9H2,2-6H3. The molecule has 0 saturated carbocycles. The molecule has 0 spiro atoms. The quantitative estimate of drug-likeness (QED) is 0.330. The summed E-state index contributed by atoms with van der Waals surface area (Å²) in [4.78, 5) is 2.26. The first-order valence-electron chi connectivity index (χ1n) is 9.34. The molecule has 0 bridgehead atoms. The van der Waals surface area contributed by atoms with Gasteiger partial charge in [0, 0.05) is 13.1 Å². The highest BCUT2D eigenvalue weighted by Crippen LogP contribution is 2.36. The van der Waals surface area contributed by atoms with Crippen LogP contribution in [-0.2, 0) is 0 Å². The van der Waals surface area contributed by atoms with Crippen LogP contribution in [0.5, 0.6) is 0 Å². The molecule has 2 aromatic rings. The molecular formula is C24H29NSi. The van der Waals surface area contributed by atoms with Crippen molar-refractivity contribution in [3.05, 3.63) is 95.0 Å². The van der Waals surface area contributed by atoms with E-state index in [0.29, 0.717) is 0 Å². The fourth-order valence-electron chi connectivity index (χ4n) is 3.35. The van der Waals surface area contributed by atoms with Gasteiger partial charge in [-0.1, -0.05) is 86.0 Å². The summed E-state index contributed by atoms with van der Waals surface area (Å²) in [6.45, 7) is 21.2. The third-order valence-corrected chi connectivity index (χ3v) is 6.55. The van der Waals surface area contributed by atoms with Gasteiger partial charge in [-0.15, -0.1) is 0 Å². The van der Waals surface area contributed by atoms with Crippen LogP contribution in [0.15, 0.2) is 77.3 Å². The topological polar surface area (TPSA) is 3.24 Å². The Labute approximate surface area is 160 Å². The van der Waals surface area contributed by atoms with Gasteiger partial charge in [-0.25, -0.2) is 0 Å². The van der Waals surface area contributed by atoms with E-state index in [2.05, 4.69) is 105 Å². The fourth-order valence-corrected chi connectivity index (χ4v) is 5.32. The first-order chi connectivity index (χ1) is 12.4. The second kappa shape index (κ2) is 8.89. The SMILES string of the molecule is [C]=C=C(C(=C(c1ccccc1)c1ccccc1)[Si](C)(C)C)N(CC)CC. The van der Waals surface area contributed by atoms with Gasteiger partial charge < -0.3 is 4.90 Å². The zero-order valence-electron chi connectivity index (χ0n) is 16.6. The van der Waals surface area contributed by atoms with E-state index < -0.39 is 8.07 Å². The normalized spacial score (nSPS) is 10.8. The van der Waals surface area contributed by atoms with Crippen LogP contribution in [0.2, 0.25) is 19.6 Å². The average molecular weight is 360 g/mol. The van der Waals surface area contributed by atoms with Crippen molar-refractivity contribution >= 4 is 13.6 Å². The number of likely N-dealkylation sites (N-methyl/N-ethyl adjacent to an activating group) is 1. The number of allylic oxidation sites excluding steroid dienone is 1. The first kappa shape index (κ1) is 20.0. The largest absolute Gasteiger partial charge is 0.366 e. The van der Waals surface area contributed by atoms with Gasteiger partial charge in [-0.2, -0.15) is 0 Å². The van der Waals surface area contributed by atoms with Gasteiger partial charge >= 0.3 is 0 Å². The highest BCUT2D eigenvalue weighted by molar-refractivity contribution is 6.85. The van der Waals surface area contributed by atoms with E-state index in [1.807, 2.05) is 0 Å². The van der Waals surface area contributed by atoms with Crippen LogP contribution < -0.4 is 0 Å². The summed E-state index contributed by atoms with van der Waals surface area (Å²) in [6, 6.07) is 21.2. The van der Waals surface area contributed by atoms with Crippen molar-refractivity contribution in [2.75, 3.05) is 13.1 Å². The molecule has 2 radical (unpaired) electrons. The Bertz CT molecular complexity index is 746. The van der Waals surface area contributed by atoms with Crippen molar-refractivity contribution in [3.8, 4) is 0 Å². The van der Waals surface area contributed by atoms with Gasteiger partial charge in [0.05, 0.1) is 20.3 Å². The molecule has 0 saturated heterocycles. The molecule has 0 N–H and O–H groups in total. The zero-order valence-corrected chi connectivity index (χ0v) is 17.6. The predicted octanol–water partition coefficient (Wildman–Crippen LogP) is 6.06. The molecule has 0 unspecified atom stereocenters. The third kappa shape index (κ3) is 4.46. The summed E-state index contributed by atoms with van der Waals surface area (Å²) < 4.78 is 0. The molecule has 0 aliphatic carbocycles. The first-order valence-corrected chi connectivity index (χ1v) is 12.8. The highest BCUT2D eigenvalue weighted by Gasteiger charge is 2.30. The van der Waals surface area contributed by atoms with E-state index in [4.69, 9.17) is 6.58 Å². The molecule has 0 fully saturated rings. The molecule has 1 nitrogen and oxygen atoms in total. The smallest absolute Gasteiger partial charge is 0.0820 e. The number of nitrogens with zero attached hydrogens (tertiary/aromatic N) is 1. The van der Waals surface area contributed by atoms with Crippen LogP contribution in [0.1, 0.15) is 25.0 Å². The number of rotatable bonds is 7. The molecule has 0 amide bonds. The molecule has 0 aromatic heterocycles. The molecule has 134 valence electrons. The van der Waals surface area contributed by atoms with E-state index in [-0.39, 0.29) is 0 Å². The van der Waals surface area contributed by atoms with E-state index in [1.165, 1.54) is 21.9 Å². The highest BCUT2D eigenvalue weighted by atomic mass is 28.3. The molecule has 26 heavy (non-hydrogen) atoms. The Kier molecular flexibility index (Phi) is 6.85. The summed E-state index contributed by atoms with van der Waals surface area (Å²) in [5, 5.41) is 1.30. The lowest BCUT2D eigenvalue weighted by Gasteiger charge is -2.33. The van der Waals surface area contributed by atoms with Gasteiger partial charge in [0.15, 0.2) is 0 Å². The minimum absolute atomic E-state index is 0.878. The van der Waals surface area contributed by atoms with Crippen LogP contribution in [0.4, 0.5) is 0 Å². The van der Waals surface area contributed by atoms with Crippen molar-refractivity contribution in [2.45, 2.75) is 33.5 Å². The predicted molar refractivity (Wildman–Crippen MR) is 115 cm³/mol. The van der Waals surface area contributed by atoms with E-state index in [0.717, 1.165) is 18.8 Å². The minimum atomic E-state index is -1.78. The van der Waals surface area contributed by atoms with Crippen LogP contribution in [0, 0.1) is 6.58 Å². The molecule has 0 aliphatic rings. The Hall–Kier alpha value is -2.28. The van der Waals surface area contributed by atoms with Gasteiger partial charge in [0.2, 0.25) is 0 Å². The summed E-state index contributed by atoms with van der Waals surface area (Å²) in [6.07, 6.45) is 0. The van der Waals surface area contributed by atoms with Crippen LogP contribution in [-0.4, -0.2) is 26.1 Å². The van der Waals surface area contributed by atoms with Crippen molar-refractivity contribution in [1.82, 2.24) is 4.90 Å². The average Bonchev–Trinajstić information content (AvgIpc) is 2.65. The number of hydrogen-bond donors (Lipinski definition) is 0. The minimum Gasteiger partial charge on any atom is -0.366 e. The number of benzene rings is 2. The van der Waals surface area contributed by atoms with Crippen LogP contribution in [0.3, 0.4) is 0 Å². The van der Waals surface area contributed by atoms with Gasteiger partial charge in [0.25, 0.3) is 0 Å². The second-order valence-electron chi connectivity index (χ2n) is 7.38. The van der Waals surface area contributed by atoms with Gasteiger partial charge in [0.1, 0.15) is 0 Å². The van der Waals surface area contributed by atoms with Crippen molar-refractivity contribution < 1.29 is 0 Å². The van der Waals surface area contributed by atoms with Crippen LogP contribution in [0.25, 0.3) is 5.57 Å². The van der Waals surface area contributed by atoms with E-state index >= 15 is 0 Å². The molecule has 2 heteroatoms. The van der Waals surface area contributed by atoms with Crippen molar-refractivity contribution in [2.24, 2.45) is 0 Å². The molecule has 2 aromatic carbocycles. The Morgan fingerprint density at radius 3 is 1.58 bits per heavy atom. The number of hydrogen-bond acceptors (Lipinski definition) is 1.